The van der Waals surface area contributed by atoms with Gasteiger partial charge in [-0.2, -0.15) is 0 Å². The first kappa shape index (κ1) is 52.5. The fraction of sp³-hybridized carbons (Fsp3) is 0.205. The fourth-order valence-electron chi connectivity index (χ4n) is 12.1. The number of hydrogen-bond acceptors (Lipinski definition) is 4. The minimum absolute atomic E-state index is 0.0173. The Morgan fingerprint density at radius 3 is 0.963 bits per heavy atom. The second-order valence-electron chi connectivity index (χ2n) is 26.7. The van der Waals surface area contributed by atoms with Gasteiger partial charge >= 0.3 is 0 Å². The topological polar surface area (TPSA) is 32.8 Å². The number of nitrogens with zero attached hydrogens (tertiary/aromatic N) is 2. The van der Waals surface area contributed by atoms with Crippen LogP contribution >= 0.6 is 0 Å². The highest BCUT2D eigenvalue weighted by molar-refractivity contribution is 6.31. The summed E-state index contributed by atoms with van der Waals surface area (Å²) < 4.78 is 14.6. The lowest BCUT2D eigenvalue weighted by molar-refractivity contribution is 0.590. The van der Waals surface area contributed by atoms with Gasteiger partial charge in [-0.1, -0.05) is 204 Å². The van der Waals surface area contributed by atoms with Crippen LogP contribution in [0, 0.1) is 0 Å². The summed E-state index contributed by atoms with van der Waals surface area (Å²) >= 11 is 0. The van der Waals surface area contributed by atoms with Crippen molar-refractivity contribution in [3.63, 3.8) is 0 Å². The Morgan fingerprint density at radius 1 is 0.268 bits per heavy atom. The molecule has 0 bridgehead atoms. The smallest absolute Gasteiger partial charge is 0.179 e. The van der Waals surface area contributed by atoms with Gasteiger partial charge in [-0.05, 0) is 174 Å². The Balaban J connectivity index is 1.03. The van der Waals surface area contributed by atoms with Gasteiger partial charge in [0.1, 0.15) is 11.2 Å². The number of rotatable bonds is 8. The van der Waals surface area contributed by atoms with Crippen LogP contribution in [0.2, 0.25) is 0 Å². The zero-order valence-electron chi connectivity index (χ0n) is 49.5. The molecule has 4 nitrogen and oxygen atoms in total. The van der Waals surface area contributed by atoms with Crippen molar-refractivity contribution in [3.05, 3.63) is 241 Å². The third-order valence-corrected chi connectivity index (χ3v) is 16.8. The van der Waals surface area contributed by atoms with Crippen LogP contribution in [0.3, 0.4) is 0 Å². The Morgan fingerprint density at radius 2 is 0.610 bits per heavy atom. The molecule has 406 valence electrons. The number of furan rings is 2. The normalized spacial score (nSPS) is 12.6. The van der Waals surface area contributed by atoms with Crippen LogP contribution in [0.15, 0.2) is 227 Å². The predicted molar refractivity (Wildman–Crippen MR) is 351 cm³/mol. The van der Waals surface area contributed by atoms with Crippen LogP contribution in [0.4, 0.5) is 34.1 Å². The summed E-state index contributed by atoms with van der Waals surface area (Å²) in [6, 6.07) is 80.7. The first-order valence-corrected chi connectivity index (χ1v) is 29.1. The number of fused-ring (bicyclic) bond motifs is 9. The molecule has 0 atom stereocenters. The van der Waals surface area contributed by atoms with Gasteiger partial charge in [0.05, 0.1) is 0 Å². The fourth-order valence-corrected chi connectivity index (χ4v) is 12.1. The molecular formula is C78H72N2O2. The Labute approximate surface area is 483 Å². The number of anilines is 6. The summed E-state index contributed by atoms with van der Waals surface area (Å²) in [6.45, 7) is 27.3. The molecule has 13 rings (SSSR count). The van der Waals surface area contributed by atoms with Crippen LogP contribution in [0.1, 0.15) is 105 Å². The van der Waals surface area contributed by atoms with E-state index in [1.807, 2.05) is 0 Å². The summed E-state index contributed by atoms with van der Waals surface area (Å²) in [5.41, 5.74) is 19.4. The van der Waals surface area contributed by atoms with Crippen molar-refractivity contribution in [2.75, 3.05) is 9.80 Å². The molecule has 0 aliphatic carbocycles. The maximum absolute atomic E-state index is 7.32. The molecule has 2 heterocycles. The first-order valence-electron chi connectivity index (χ1n) is 29.1. The van der Waals surface area contributed by atoms with E-state index in [0.717, 1.165) is 122 Å². The summed E-state index contributed by atoms with van der Waals surface area (Å²) in [4.78, 5) is 4.78. The molecule has 0 amide bonds. The van der Waals surface area contributed by atoms with E-state index in [4.69, 9.17) is 8.83 Å². The Kier molecular flexibility index (Phi) is 12.4. The van der Waals surface area contributed by atoms with E-state index in [9.17, 15) is 0 Å². The lowest BCUT2D eigenvalue weighted by Gasteiger charge is -2.29. The molecule has 11 aromatic carbocycles. The second-order valence-corrected chi connectivity index (χ2v) is 26.7. The predicted octanol–water partition coefficient (Wildman–Crippen LogP) is 23.3. The zero-order valence-corrected chi connectivity index (χ0v) is 49.5. The molecule has 13 aromatic rings. The van der Waals surface area contributed by atoms with Crippen molar-refractivity contribution in [3.8, 4) is 22.3 Å². The maximum Gasteiger partial charge on any atom is 0.179 e. The van der Waals surface area contributed by atoms with Crippen LogP contribution < -0.4 is 9.80 Å². The average Bonchev–Trinajstić information content (AvgIpc) is 3.09. The molecule has 0 saturated heterocycles. The van der Waals surface area contributed by atoms with Crippen molar-refractivity contribution >= 4 is 99.5 Å². The van der Waals surface area contributed by atoms with E-state index in [1.165, 1.54) is 22.3 Å². The van der Waals surface area contributed by atoms with Crippen LogP contribution in [-0.2, 0) is 21.7 Å². The zero-order chi connectivity index (χ0) is 57.0. The van der Waals surface area contributed by atoms with Gasteiger partial charge in [-0.25, -0.2) is 0 Å². The maximum atomic E-state index is 7.32. The van der Waals surface area contributed by atoms with Crippen LogP contribution in [0.25, 0.3) is 87.7 Å². The minimum Gasteiger partial charge on any atom is -0.452 e. The molecule has 0 spiro atoms. The monoisotopic (exact) mass is 1070 g/mol. The minimum atomic E-state index is -0.0173. The van der Waals surface area contributed by atoms with E-state index in [-0.39, 0.29) is 21.7 Å². The molecule has 0 radical (unpaired) electrons. The Bertz CT molecular complexity index is 4280. The molecular weight excluding hydrogens is 997 g/mol. The van der Waals surface area contributed by atoms with Gasteiger partial charge in [0.25, 0.3) is 0 Å². The molecule has 0 aliphatic heterocycles. The lowest BCUT2D eigenvalue weighted by atomic mass is 9.86. The van der Waals surface area contributed by atoms with E-state index < -0.39 is 0 Å². The lowest BCUT2D eigenvalue weighted by Crippen LogP contribution is -2.15. The highest BCUT2D eigenvalue weighted by Gasteiger charge is 2.29. The van der Waals surface area contributed by atoms with E-state index in [2.05, 4.69) is 311 Å². The third kappa shape index (κ3) is 9.38. The van der Waals surface area contributed by atoms with Gasteiger partial charge in [-0.15, -0.1) is 0 Å². The van der Waals surface area contributed by atoms with Gasteiger partial charge in [-0.3, -0.25) is 0 Å². The van der Waals surface area contributed by atoms with Crippen molar-refractivity contribution in [2.24, 2.45) is 0 Å². The first-order chi connectivity index (χ1) is 39.2. The molecule has 2 aromatic heterocycles. The quantitative estimate of drug-likeness (QED) is 0.152. The standard InChI is InChI=1S/C78H72N2O2/c1-75(2,3)55-31-37-59(38-32-55)79(61-27-19-25-57(47-61)77(7,8)9)63-35-29-51-43-65-67(45-53(51)41-63)81-73-71(65)69(49-21-15-13-16-22-49)70(50-23-17-14-18-24-50)72-66-44-52-30-36-64(42-54(52)46-68(66)82-74(72)73)80(60-39-33-56(34-40-60)76(4,5)6)62-28-20-26-58(48-62)78(10,11)12/h13-48H,1-12H3. The summed E-state index contributed by atoms with van der Waals surface area (Å²) in [6.07, 6.45) is 0. The van der Waals surface area contributed by atoms with Crippen molar-refractivity contribution in [2.45, 2.75) is 105 Å². The van der Waals surface area contributed by atoms with Gasteiger partial charge in [0.2, 0.25) is 0 Å². The van der Waals surface area contributed by atoms with Gasteiger partial charge < -0.3 is 18.6 Å². The van der Waals surface area contributed by atoms with Crippen molar-refractivity contribution in [1.29, 1.82) is 0 Å². The SMILES string of the molecule is CC(C)(C)c1ccc(N(c2cccc(C(C)(C)C)c2)c2ccc3cc4c(cc3c2)oc2c3oc5cc6cc(N(c7ccc(C(C)(C)C)cc7)c7cccc(C(C)(C)C)c7)ccc6cc5c3c(-c3ccccc3)c(-c3ccccc3)c42)cc1. The molecule has 4 heteroatoms. The van der Waals surface area contributed by atoms with Crippen LogP contribution in [-0.4, -0.2) is 0 Å². The highest BCUT2D eigenvalue weighted by Crippen LogP contribution is 2.52. The summed E-state index contributed by atoms with van der Waals surface area (Å²) in [7, 11) is 0. The highest BCUT2D eigenvalue weighted by atomic mass is 16.4. The van der Waals surface area contributed by atoms with Gasteiger partial charge in [0.15, 0.2) is 11.2 Å². The number of hydrogen-bond donors (Lipinski definition) is 0. The van der Waals surface area contributed by atoms with Crippen molar-refractivity contribution in [1.82, 2.24) is 0 Å². The largest absolute Gasteiger partial charge is 0.452 e. The van der Waals surface area contributed by atoms with E-state index in [0.29, 0.717) is 0 Å². The summed E-state index contributed by atoms with van der Waals surface area (Å²) in [5.74, 6) is 0. The molecule has 0 saturated carbocycles. The van der Waals surface area contributed by atoms with Crippen LogP contribution in [0.5, 0.6) is 0 Å². The van der Waals surface area contributed by atoms with Crippen molar-refractivity contribution < 1.29 is 8.83 Å². The van der Waals surface area contributed by atoms with E-state index in [1.54, 1.807) is 0 Å². The van der Waals surface area contributed by atoms with Gasteiger partial charge in [0, 0.05) is 66.8 Å². The molecule has 0 unspecified atom stereocenters. The second kappa shape index (κ2) is 19.4. The molecule has 0 aliphatic rings. The molecule has 82 heavy (non-hydrogen) atoms. The Hall–Kier alpha value is -8.86. The average molecular weight is 1070 g/mol. The summed E-state index contributed by atoms with van der Waals surface area (Å²) in [5, 5.41) is 8.59. The molecule has 0 fully saturated rings. The third-order valence-electron chi connectivity index (χ3n) is 16.8. The number of benzene rings is 11. The van der Waals surface area contributed by atoms with E-state index >= 15 is 0 Å². The molecule has 0 N–H and O–H groups in total.